The number of ketones is 1. The lowest BCUT2D eigenvalue weighted by Gasteiger charge is -2.37. The van der Waals surface area contributed by atoms with E-state index in [9.17, 15) is 9.59 Å². The fraction of sp³-hybridized carbons (Fsp3) is 0.267. The number of thiophene rings is 1. The lowest BCUT2D eigenvalue weighted by molar-refractivity contribution is -0.119. The SMILES string of the molecule is CC1(C)CC(=O)C2=C(C1)Nc1ccccc1N(CC(=O)Nc1ccc(Cn3cncn3)cc1)C2c1cccs1. The van der Waals surface area contributed by atoms with Gasteiger partial charge in [-0.25, -0.2) is 9.67 Å². The third kappa shape index (κ3) is 5.22. The highest BCUT2D eigenvalue weighted by Crippen LogP contribution is 2.48. The number of Topliss-reactive ketones (excluding diaryl/α,β-unsaturated/α-hetero) is 1. The van der Waals surface area contributed by atoms with Crippen LogP contribution >= 0.6 is 11.3 Å². The van der Waals surface area contributed by atoms with Gasteiger partial charge in [-0.3, -0.25) is 9.59 Å². The molecular formula is C30H30N6O2S. The number of anilines is 3. The third-order valence-corrected chi connectivity index (χ3v) is 8.10. The number of hydrogen-bond acceptors (Lipinski definition) is 7. The zero-order chi connectivity index (χ0) is 27.0. The van der Waals surface area contributed by atoms with Gasteiger partial charge in [-0.05, 0) is 53.1 Å². The van der Waals surface area contributed by atoms with E-state index < -0.39 is 0 Å². The summed E-state index contributed by atoms with van der Waals surface area (Å²) in [5.74, 6) is -0.0173. The van der Waals surface area contributed by atoms with Crippen molar-refractivity contribution >= 4 is 40.1 Å². The normalized spacial score (nSPS) is 18.2. The van der Waals surface area contributed by atoms with E-state index in [0.29, 0.717) is 18.7 Å². The smallest absolute Gasteiger partial charge is 0.243 e. The summed E-state index contributed by atoms with van der Waals surface area (Å²) in [6.45, 7) is 4.97. The molecule has 2 aromatic carbocycles. The number of nitrogens with one attached hydrogen (secondary N) is 2. The van der Waals surface area contributed by atoms with Crippen molar-refractivity contribution in [2.24, 2.45) is 5.41 Å². The average molecular weight is 539 g/mol. The van der Waals surface area contributed by atoms with Crippen LogP contribution < -0.4 is 15.5 Å². The molecule has 2 N–H and O–H groups in total. The molecule has 198 valence electrons. The molecule has 2 aliphatic rings. The van der Waals surface area contributed by atoms with Crippen molar-refractivity contribution in [2.45, 2.75) is 39.3 Å². The van der Waals surface area contributed by atoms with Gasteiger partial charge in [0.15, 0.2) is 5.78 Å². The molecule has 1 aliphatic carbocycles. The van der Waals surface area contributed by atoms with Gasteiger partial charge in [-0.2, -0.15) is 5.10 Å². The number of hydrogen-bond donors (Lipinski definition) is 2. The number of carbonyl (C=O) groups excluding carboxylic acids is 2. The topological polar surface area (TPSA) is 92.2 Å². The third-order valence-electron chi connectivity index (χ3n) is 7.18. The van der Waals surface area contributed by atoms with E-state index in [1.807, 2.05) is 60.0 Å². The predicted molar refractivity (Wildman–Crippen MR) is 154 cm³/mol. The van der Waals surface area contributed by atoms with Gasteiger partial charge < -0.3 is 15.5 Å². The van der Waals surface area contributed by atoms with Gasteiger partial charge in [0.2, 0.25) is 5.91 Å². The summed E-state index contributed by atoms with van der Waals surface area (Å²) in [5.41, 5.74) is 5.15. The van der Waals surface area contributed by atoms with Crippen LogP contribution in [-0.2, 0) is 16.1 Å². The average Bonchev–Trinajstić information content (AvgIpc) is 3.59. The zero-order valence-corrected chi connectivity index (χ0v) is 22.7. The standard InChI is InChI=1S/C30H30N6O2S/c1-30(2)14-23-28(25(37)15-30)29(26-8-5-13-39-26)36(24-7-4-3-6-22(24)34-23)17-27(38)33-21-11-9-20(10-12-21)16-35-19-31-18-32-35/h3-13,18-19,29,34H,14-17H2,1-2H3,(H,33,38). The van der Waals surface area contributed by atoms with Crippen LogP contribution in [0.3, 0.4) is 0 Å². The van der Waals surface area contributed by atoms with E-state index in [-0.39, 0.29) is 29.7 Å². The Morgan fingerprint density at radius 3 is 2.67 bits per heavy atom. The van der Waals surface area contributed by atoms with E-state index in [1.165, 1.54) is 6.33 Å². The number of carbonyl (C=O) groups is 2. The zero-order valence-electron chi connectivity index (χ0n) is 21.9. The van der Waals surface area contributed by atoms with E-state index in [1.54, 1.807) is 22.3 Å². The summed E-state index contributed by atoms with van der Waals surface area (Å²) < 4.78 is 1.75. The minimum atomic E-state index is -0.351. The molecule has 39 heavy (non-hydrogen) atoms. The van der Waals surface area contributed by atoms with Crippen molar-refractivity contribution in [2.75, 3.05) is 22.1 Å². The molecule has 3 heterocycles. The second-order valence-corrected chi connectivity index (χ2v) is 11.8. The molecule has 0 fully saturated rings. The Kier molecular flexibility index (Phi) is 6.52. The molecule has 1 amide bonds. The maximum Gasteiger partial charge on any atom is 0.243 e. The molecule has 6 rings (SSSR count). The molecule has 0 spiro atoms. The summed E-state index contributed by atoms with van der Waals surface area (Å²) in [7, 11) is 0. The molecule has 0 radical (unpaired) electrons. The lowest BCUT2D eigenvalue weighted by Crippen LogP contribution is -2.39. The van der Waals surface area contributed by atoms with Gasteiger partial charge >= 0.3 is 0 Å². The summed E-state index contributed by atoms with van der Waals surface area (Å²) in [5, 5.41) is 12.8. The summed E-state index contributed by atoms with van der Waals surface area (Å²) >= 11 is 1.61. The van der Waals surface area contributed by atoms with Gasteiger partial charge in [-0.1, -0.05) is 44.2 Å². The molecule has 1 atom stereocenters. The van der Waals surface area contributed by atoms with Crippen molar-refractivity contribution in [3.63, 3.8) is 0 Å². The summed E-state index contributed by atoms with van der Waals surface area (Å²) in [6.07, 6.45) is 4.43. The van der Waals surface area contributed by atoms with Gasteiger partial charge in [0, 0.05) is 28.3 Å². The van der Waals surface area contributed by atoms with Crippen molar-refractivity contribution in [3.05, 3.63) is 100 Å². The number of nitrogens with zero attached hydrogens (tertiary/aromatic N) is 4. The Hall–Kier alpha value is -4.24. The van der Waals surface area contributed by atoms with Gasteiger partial charge in [0.1, 0.15) is 12.7 Å². The highest BCUT2D eigenvalue weighted by Gasteiger charge is 2.42. The van der Waals surface area contributed by atoms with E-state index >= 15 is 0 Å². The molecule has 2 aromatic heterocycles. The number of rotatable bonds is 6. The van der Waals surface area contributed by atoms with Crippen LogP contribution in [0.1, 0.15) is 43.2 Å². The Morgan fingerprint density at radius 2 is 1.92 bits per heavy atom. The maximum absolute atomic E-state index is 13.7. The number of aromatic nitrogens is 3. The van der Waals surface area contributed by atoms with Crippen LogP contribution in [0.5, 0.6) is 0 Å². The van der Waals surface area contributed by atoms with E-state index in [2.05, 4.69) is 45.5 Å². The van der Waals surface area contributed by atoms with Crippen LogP contribution in [0.2, 0.25) is 0 Å². The van der Waals surface area contributed by atoms with Gasteiger partial charge in [-0.15, -0.1) is 11.3 Å². The summed E-state index contributed by atoms with van der Waals surface area (Å²) in [6, 6.07) is 19.4. The number of allylic oxidation sites excluding steroid dienone is 1. The quantitative estimate of drug-likeness (QED) is 0.330. The fourth-order valence-electron chi connectivity index (χ4n) is 5.52. The number of fused-ring (bicyclic) bond motifs is 1. The first-order chi connectivity index (χ1) is 18.9. The van der Waals surface area contributed by atoms with Crippen LogP contribution in [-0.4, -0.2) is 33.0 Å². The predicted octanol–water partition coefficient (Wildman–Crippen LogP) is 5.64. The van der Waals surface area contributed by atoms with Crippen LogP contribution in [0.15, 0.2) is 90.0 Å². The number of para-hydroxylation sites is 2. The first kappa shape index (κ1) is 25.1. The molecule has 0 saturated heterocycles. The first-order valence-electron chi connectivity index (χ1n) is 13.0. The highest BCUT2D eigenvalue weighted by molar-refractivity contribution is 7.10. The van der Waals surface area contributed by atoms with Crippen molar-refractivity contribution < 1.29 is 9.59 Å². The fourth-order valence-corrected chi connectivity index (χ4v) is 6.37. The first-order valence-corrected chi connectivity index (χ1v) is 13.9. The monoisotopic (exact) mass is 538 g/mol. The molecule has 1 unspecified atom stereocenters. The molecule has 1 aliphatic heterocycles. The molecule has 8 nitrogen and oxygen atoms in total. The molecule has 9 heteroatoms. The van der Waals surface area contributed by atoms with Gasteiger partial charge in [0.25, 0.3) is 0 Å². The summed E-state index contributed by atoms with van der Waals surface area (Å²) in [4.78, 5) is 34.3. The Balaban J connectivity index is 1.31. The minimum absolute atomic E-state index is 0.0927. The largest absolute Gasteiger partial charge is 0.357 e. The van der Waals surface area contributed by atoms with Crippen molar-refractivity contribution in [1.29, 1.82) is 0 Å². The van der Waals surface area contributed by atoms with Crippen LogP contribution in [0, 0.1) is 5.41 Å². The van der Waals surface area contributed by atoms with Crippen LogP contribution in [0.4, 0.5) is 17.1 Å². The van der Waals surface area contributed by atoms with E-state index in [4.69, 9.17) is 0 Å². The van der Waals surface area contributed by atoms with Crippen molar-refractivity contribution in [1.82, 2.24) is 14.8 Å². The molecule has 0 bridgehead atoms. The van der Waals surface area contributed by atoms with Gasteiger partial charge in [0.05, 0.1) is 30.5 Å². The number of amides is 1. The number of benzene rings is 2. The Bertz CT molecular complexity index is 1520. The molecule has 4 aromatic rings. The van der Waals surface area contributed by atoms with Crippen LogP contribution in [0.25, 0.3) is 0 Å². The second kappa shape index (κ2) is 10.1. The van der Waals surface area contributed by atoms with E-state index in [0.717, 1.165) is 39.5 Å². The minimum Gasteiger partial charge on any atom is -0.357 e. The van der Waals surface area contributed by atoms with Crippen molar-refractivity contribution in [3.8, 4) is 0 Å². The maximum atomic E-state index is 13.7. The Morgan fingerprint density at radius 1 is 1.10 bits per heavy atom. The molecule has 0 saturated carbocycles. The molecular weight excluding hydrogens is 508 g/mol. The lowest BCUT2D eigenvalue weighted by atomic mass is 9.74. The second-order valence-electron chi connectivity index (χ2n) is 10.9. The highest BCUT2D eigenvalue weighted by atomic mass is 32.1. The Labute approximate surface area is 231 Å².